The monoisotopic (exact) mass is 292 g/mol. The number of H-pyrrole nitrogens is 1. The van der Waals surface area contributed by atoms with Gasteiger partial charge in [-0.15, -0.1) is 5.10 Å². The number of hydrogen-bond acceptors (Lipinski definition) is 4. The zero-order chi connectivity index (χ0) is 14.9. The molecule has 0 fully saturated rings. The molecule has 0 bridgehead atoms. The van der Waals surface area contributed by atoms with Gasteiger partial charge in [-0.05, 0) is 11.6 Å². The first-order valence-electron chi connectivity index (χ1n) is 6.84. The normalized spacial score (nSPS) is 11.1. The molecule has 22 heavy (non-hydrogen) atoms. The molecule has 0 saturated carbocycles. The predicted octanol–water partition coefficient (Wildman–Crippen LogP) is 2.15. The van der Waals surface area contributed by atoms with Crippen LogP contribution in [0.15, 0.2) is 59.7 Å². The minimum atomic E-state index is -0.186. The van der Waals surface area contributed by atoms with Crippen molar-refractivity contribution in [2.75, 3.05) is 0 Å². The highest BCUT2D eigenvalue weighted by Crippen LogP contribution is 2.17. The first kappa shape index (κ1) is 12.6. The van der Waals surface area contributed by atoms with E-state index in [0.29, 0.717) is 29.0 Å². The molecule has 0 aliphatic rings. The lowest BCUT2D eigenvalue weighted by atomic mass is 10.2. The Balaban J connectivity index is 1.73. The van der Waals surface area contributed by atoms with Gasteiger partial charge in [-0.1, -0.05) is 30.3 Å². The van der Waals surface area contributed by atoms with E-state index >= 15 is 0 Å². The molecule has 0 atom stereocenters. The summed E-state index contributed by atoms with van der Waals surface area (Å²) >= 11 is 0. The zero-order valence-electron chi connectivity index (χ0n) is 11.6. The SMILES string of the molecule is O=c1[nH]ccc2c1cnc1cc(OCc3ccccc3)nn12. The maximum Gasteiger partial charge on any atom is 0.258 e. The quantitative estimate of drug-likeness (QED) is 0.628. The van der Waals surface area contributed by atoms with Gasteiger partial charge in [-0.25, -0.2) is 9.50 Å². The van der Waals surface area contributed by atoms with Crippen LogP contribution in [0.25, 0.3) is 16.6 Å². The Morgan fingerprint density at radius 2 is 2.05 bits per heavy atom. The molecule has 4 rings (SSSR count). The van der Waals surface area contributed by atoms with E-state index in [1.165, 1.54) is 0 Å². The molecule has 4 aromatic rings. The maximum absolute atomic E-state index is 11.8. The molecular weight excluding hydrogens is 280 g/mol. The molecular formula is C16H12N4O2. The van der Waals surface area contributed by atoms with Crippen molar-refractivity contribution in [1.29, 1.82) is 0 Å². The summed E-state index contributed by atoms with van der Waals surface area (Å²) in [7, 11) is 0. The van der Waals surface area contributed by atoms with Crippen LogP contribution in [0.2, 0.25) is 0 Å². The molecule has 6 nitrogen and oxygen atoms in total. The van der Waals surface area contributed by atoms with E-state index < -0.39 is 0 Å². The van der Waals surface area contributed by atoms with Gasteiger partial charge in [0.25, 0.3) is 5.56 Å². The average molecular weight is 292 g/mol. The van der Waals surface area contributed by atoms with E-state index in [-0.39, 0.29) is 5.56 Å². The fourth-order valence-electron chi connectivity index (χ4n) is 2.34. The number of rotatable bonds is 3. The van der Waals surface area contributed by atoms with Crippen molar-refractivity contribution in [3.63, 3.8) is 0 Å². The van der Waals surface area contributed by atoms with Gasteiger partial charge in [0.2, 0.25) is 5.88 Å². The molecule has 0 unspecified atom stereocenters. The van der Waals surface area contributed by atoms with Crippen LogP contribution in [0.1, 0.15) is 5.56 Å². The lowest BCUT2D eigenvalue weighted by Gasteiger charge is -2.01. The lowest BCUT2D eigenvalue weighted by Crippen LogP contribution is -2.07. The van der Waals surface area contributed by atoms with E-state index in [0.717, 1.165) is 5.56 Å². The second-order valence-corrected chi connectivity index (χ2v) is 4.89. The number of nitrogens with zero attached hydrogens (tertiary/aromatic N) is 3. The number of hydrogen-bond donors (Lipinski definition) is 1. The molecule has 0 amide bonds. The van der Waals surface area contributed by atoms with Gasteiger partial charge in [0.1, 0.15) is 6.61 Å². The Hall–Kier alpha value is -3.15. The molecule has 6 heteroatoms. The van der Waals surface area contributed by atoms with Crippen molar-refractivity contribution in [1.82, 2.24) is 19.6 Å². The number of benzene rings is 1. The van der Waals surface area contributed by atoms with Gasteiger partial charge in [0, 0.05) is 18.5 Å². The number of nitrogens with one attached hydrogen (secondary N) is 1. The Bertz CT molecular complexity index is 1000. The van der Waals surface area contributed by atoms with Crippen LogP contribution >= 0.6 is 0 Å². The predicted molar refractivity (Wildman–Crippen MR) is 81.9 cm³/mol. The molecule has 108 valence electrons. The minimum Gasteiger partial charge on any atom is -0.472 e. The zero-order valence-corrected chi connectivity index (χ0v) is 11.6. The van der Waals surface area contributed by atoms with Crippen LogP contribution in [0.3, 0.4) is 0 Å². The molecule has 1 aromatic carbocycles. The summed E-state index contributed by atoms with van der Waals surface area (Å²) in [5, 5.41) is 4.87. The summed E-state index contributed by atoms with van der Waals surface area (Å²) in [6.07, 6.45) is 3.14. The molecule has 0 radical (unpaired) electrons. The molecule has 1 N–H and O–H groups in total. The van der Waals surface area contributed by atoms with Crippen LogP contribution in [-0.2, 0) is 6.61 Å². The average Bonchev–Trinajstić information content (AvgIpc) is 2.98. The third-order valence-corrected chi connectivity index (χ3v) is 3.43. The first-order chi connectivity index (χ1) is 10.8. The Labute approximate surface area is 125 Å². The highest BCUT2D eigenvalue weighted by Gasteiger charge is 2.09. The second kappa shape index (κ2) is 5.00. The third kappa shape index (κ3) is 2.10. The largest absolute Gasteiger partial charge is 0.472 e. The Morgan fingerprint density at radius 1 is 1.18 bits per heavy atom. The fraction of sp³-hybridized carbons (Fsp3) is 0.0625. The maximum atomic E-state index is 11.8. The van der Waals surface area contributed by atoms with E-state index in [2.05, 4.69) is 15.1 Å². The van der Waals surface area contributed by atoms with Crippen LogP contribution in [0.5, 0.6) is 5.88 Å². The summed E-state index contributed by atoms with van der Waals surface area (Å²) < 4.78 is 7.31. The van der Waals surface area contributed by atoms with Crippen LogP contribution in [-0.4, -0.2) is 19.6 Å². The number of aromatic nitrogens is 4. The summed E-state index contributed by atoms with van der Waals surface area (Å²) in [4.78, 5) is 18.6. The summed E-state index contributed by atoms with van der Waals surface area (Å²) in [5.41, 5.74) is 2.22. The Kier molecular flexibility index (Phi) is 2.86. The van der Waals surface area contributed by atoms with Gasteiger partial charge in [0.05, 0.1) is 10.9 Å². The van der Waals surface area contributed by atoms with Crippen molar-refractivity contribution >= 4 is 16.6 Å². The van der Waals surface area contributed by atoms with Crippen molar-refractivity contribution in [2.24, 2.45) is 0 Å². The molecule has 0 saturated heterocycles. The minimum absolute atomic E-state index is 0.186. The Morgan fingerprint density at radius 3 is 2.91 bits per heavy atom. The van der Waals surface area contributed by atoms with E-state index in [9.17, 15) is 4.79 Å². The van der Waals surface area contributed by atoms with Crippen LogP contribution in [0, 0.1) is 0 Å². The summed E-state index contributed by atoms with van der Waals surface area (Å²) in [6.45, 7) is 0.434. The summed E-state index contributed by atoms with van der Waals surface area (Å²) in [5.74, 6) is 0.476. The molecule has 0 aliphatic carbocycles. The molecule has 3 aromatic heterocycles. The van der Waals surface area contributed by atoms with Crippen molar-refractivity contribution in [3.8, 4) is 5.88 Å². The first-order valence-corrected chi connectivity index (χ1v) is 6.84. The molecule has 0 spiro atoms. The van der Waals surface area contributed by atoms with E-state index in [1.807, 2.05) is 30.3 Å². The summed E-state index contributed by atoms with van der Waals surface area (Å²) in [6, 6.07) is 13.4. The highest BCUT2D eigenvalue weighted by atomic mass is 16.5. The van der Waals surface area contributed by atoms with Gasteiger partial charge in [-0.2, -0.15) is 0 Å². The van der Waals surface area contributed by atoms with E-state index in [1.54, 1.807) is 29.0 Å². The molecule has 3 heterocycles. The highest BCUT2D eigenvalue weighted by molar-refractivity contribution is 5.79. The van der Waals surface area contributed by atoms with Crippen LogP contribution in [0.4, 0.5) is 0 Å². The van der Waals surface area contributed by atoms with Gasteiger partial charge < -0.3 is 9.72 Å². The number of pyridine rings is 1. The van der Waals surface area contributed by atoms with Crippen LogP contribution < -0.4 is 10.3 Å². The molecule has 0 aliphatic heterocycles. The fourth-order valence-corrected chi connectivity index (χ4v) is 2.34. The van der Waals surface area contributed by atoms with Gasteiger partial charge in [-0.3, -0.25) is 4.79 Å². The number of aromatic amines is 1. The topological polar surface area (TPSA) is 72.3 Å². The lowest BCUT2D eigenvalue weighted by molar-refractivity contribution is 0.292. The van der Waals surface area contributed by atoms with Crippen molar-refractivity contribution in [2.45, 2.75) is 6.61 Å². The second-order valence-electron chi connectivity index (χ2n) is 4.89. The van der Waals surface area contributed by atoms with Crippen molar-refractivity contribution < 1.29 is 4.74 Å². The van der Waals surface area contributed by atoms with Gasteiger partial charge >= 0.3 is 0 Å². The number of fused-ring (bicyclic) bond motifs is 3. The van der Waals surface area contributed by atoms with Crippen molar-refractivity contribution in [3.05, 3.63) is 70.8 Å². The standard InChI is InChI=1S/C16H12N4O2/c21-16-12-9-18-14-8-15(19-20(14)13(12)6-7-17-16)22-10-11-4-2-1-3-5-11/h1-9H,10H2,(H,17,21). The number of ether oxygens (including phenoxy) is 1. The smallest absolute Gasteiger partial charge is 0.258 e. The third-order valence-electron chi connectivity index (χ3n) is 3.43. The van der Waals surface area contributed by atoms with Gasteiger partial charge in [0.15, 0.2) is 5.65 Å². The van der Waals surface area contributed by atoms with E-state index in [4.69, 9.17) is 4.74 Å².